The molecule has 14 heavy (non-hydrogen) atoms. The van der Waals surface area contributed by atoms with Crippen molar-refractivity contribution >= 4 is 0 Å². The summed E-state index contributed by atoms with van der Waals surface area (Å²) < 4.78 is 0. The third kappa shape index (κ3) is 1.79. The first-order chi connectivity index (χ1) is 6.81. The first-order valence-electron chi connectivity index (χ1n) is 5.12. The Kier molecular flexibility index (Phi) is 2.79. The molecule has 0 bridgehead atoms. The van der Waals surface area contributed by atoms with Gasteiger partial charge in [0.15, 0.2) is 0 Å². The van der Waals surface area contributed by atoms with Crippen molar-refractivity contribution in [3.8, 4) is 0 Å². The Morgan fingerprint density at radius 2 is 2.57 bits per heavy atom. The van der Waals surface area contributed by atoms with Crippen molar-refractivity contribution in [1.82, 2.24) is 10.3 Å². The van der Waals surface area contributed by atoms with Gasteiger partial charge in [0.1, 0.15) is 0 Å². The maximum Gasteiger partial charge on any atom is 0.0605 e. The van der Waals surface area contributed by atoms with E-state index in [1.165, 1.54) is 5.56 Å². The number of aromatic nitrogens is 1. The van der Waals surface area contributed by atoms with E-state index >= 15 is 0 Å². The zero-order valence-electron chi connectivity index (χ0n) is 8.40. The summed E-state index contributed by atoms with van der Waals surface area (Å²) in [6.07, 6.45) is 4.03. The van der Waals surface area contributed by atoms with Crippen LogP contribution in [0.2, 0.25) is 0 Å². The van der Waals surface area contributed by atoms with E-state index in [9.17, 15) is 0 Å². The van der Waals surface area contributed by atoms with Gasteiger partial charge >= 0.3 is 0 Å². The van der Waals surface area contributed by atoms with Crippen LogP contribution in [-0.4, -0.2) is 22.7 Å². The predicted octanol–water partition coefficient (Wildman–Crippen LogP) is 1.04. The zero-order valence-corrected chi connectivity index (χ0v) is 8.40. The Hall–Kier alpha value is -0.930. The molecule has 1 aliphatic carbocycles. The number of rotatable bonds is 3. The number of aliphatic hydroxyl groups is 1. The molecule has 2 atom stereocenters. The van der Waals surface area contributed by atoms with Crippen LogP contribution in [0.1, 0.15) is 30.6 Å². The quantitative estimate of drug-likeness (QED) is 0.752. The second-order valence-electron chi connectivity index (χ2n) is 3.89. The van der Waals surface area contributed by atoms with Crippen molar-refractivity contribution in [3.05, 3.63) is 29.6 Å². The number of hydrogen-bond acceptors (Lipinski definition) is 3. The Morgan fingerprint density at radius 1 is 1.71 bits per heavy atom. The molecule has 0 saturated heterocycles. The Bertz CT molecular complexity index is 314. The predicted molar refractivity (Wildman–Crippen MR) is 55.0 cm³/mol. The van der Waals surface area contributed by atoms with E-state index in [-0.39, 0.29) is 12.6 Å². The highest BCUT2D eigenvalue weighted by Crippen LogP contribution is 2.28. The lowest BCUT2D eigenvalue weighted by molar-refractivity contribution is 0.240. The SMILES string of the molecule is CC(CO)NC1CCc2cccnc21. The van der Waals surface area contributed by atoms with Crippen LogP contribution in [0.4, 0.5) is 0 Å². The number of nitrogens with one attached hydrogen (secondary N) is 1. The van der Waals surface area contributed by atoms with Crippen LogP contribution < -0.4 is 5.32 Å². The van der Waals surface area contributed by atoms with Gasteiger partial charge in [-0.15, -0.1) is 0 Å². The molecule has 0 aromatic carbocycles. The van der Waals surface area contributed by atoms with Crippen molar-refractivity contribution in [2.45, 2.75) is 31.8 Å². The number of aliphatic hydroxyl groups excluding tert-OH is 1. The maximum absolute atomic E-state index is 8.96. The molecule has 0 spiro atoms. The third-order valence-corrected chi connectivity index (χ3v) is 2.72. The van der Waals surface area contributed by atoms with Crippen molar-refractivity contribution in [2.24, 2.45) is 0 Å². The average Bonchev–Trinajstić information content (AvgIpc) is 2.62. The fraction of sp³-hybridized carbons (Fsp3) is 0.545. The molecule has 76 valence electrons. The molecular weight excluding hydrogens is 176 g/mol. The minimum atomic E-state index is 0.146. The van der Waals surface area contributed by atoms with Gasteiger partial charge in [0.25, 0.3) is 0 Å². The van der Waals surface area contributed by atoms with E-state index in [0.29, 0.717) is 6.04 Å². The summed E-state index contributed by atoms with van der Waals surface area (Å²) in [5, 5.41) is 12.3. The number of fused-ring (bicyclic) bond motifs is 1. The number of pyridine rings is 1. The minimum absolute atomic E-state index is 0.146. The van der Waals surface area contributed by atoms with Gasteiger partial charge in [0.05, 0.1) is 18.3 Å². The van der Waals surface area contributed by atoms with Gasteiger partial charge in [-0.05, 0) is 31.4 Å². The third-order valence-electron chi connectivity index (χ3n) is 2.72. The summed E-state index contributed by atoms with van der Waals surface area (Å²) in [5.74, 6) is 0. The normalized spacial score (nSPS) is 22.0. The summed E-state index contributed by atoms with van der Waals surface area (Å²) in [6.45, 7) is 2.17. The molecule has 2 unspecified atom stereocenters. The largest absolute Gasteiger partial charge is 0.395 e. The summed E-state index contributed by atoms with van der Waals surface area (Å²) in [5.41, 5.74) is 2.50. The van der Waals surface area contributed by atoms with Crippen molar-refractivity contribution in [1.29, 1.82) is 0 Å². The van der Waals surface area contributed by atoms with Crippen molar-refractivity contribution in [2.75, 3.05) is 6.61 Å². The molecule has 0 fully saturated rings. The lowest BCUT2D eigenvalue weighted by atomic mass is 10.2. The van der Waals surface area contributed by atoms with Gasteiger partial charge in [0, 0.05) is 12.2 Å². The molecule has 1 heterocycles. The lowest BCUT2D eigenvalue weighted by Gasteiger charge is -2.17. The van der Waals surface area contributed by atoms with E-state index in [4.69, 9.17) is 5.11 Å². The summed E-state index contributed by atoms with van der Waals surface area (Å²) in [6, 6.07) is 4.59. The summed E-state index contributed by atoms with van der Waals surface area (Å²) >= 11 is 0. The monoisotopic (exact) mass is 192 g/mol. The van der Waals surface area contributed by atoms with E-state index in [0.717, 1.165) is 18.5 Å². The molecule has 0 amide bonds. The number of nitrogens with zero attached hydrogens (tertiary/aromatic N) is 1. The van der Waals surface area contributed by atoms with Crippen LogP contribution >= 0.6 is 0 Å². The van der Waals surface area contributed by atoms with Gasteiger partial charge in [-0.25, -0.2) is 0 Å². The summed E-state index contributed by atoms with van der Waals surface area (Å²) in [4.78, 5) is 4.38. The highest BCUT2D eigenvalue weighted by molar-refractivity contribution is 5.27. The smallest absolute Gasteiger partial charge is 0.0605 e. The highest BCUT2D eigenvalue weighted by Gasteiger charge is 2.23. The van der Waals surface area contributed by atoms with Crippen molar-refractivity contribution < 1.29 is 5.11 Å². The summed E-state index contributed by atoms with van der Waals surface area (Å²) in [7, 11) is 0. The van der Waals surface area contributed by atoms with Crippen LogP contribution in [0.3, 0.4) is 0 Å². The van der Waals surface area contributed by atoms with Gasteiger partial charge in [0.2, 0.25) is 0 Å². The molecule has 0 radical (unpaired) electrons. The fourth-order valence-electron chi connectivity index (χ4n) is 1.97. The Morgan fingerprint density at radius 3 is 3.36 bits per heavy atom. The molecule has 1 aromatic rings. The molecule has 2 N–H and O–H groups in total. The topological polar surface area (TPSA) is 45.1 Å². The fourth-order valence-corrected chi connectivity index (χ4v) is 1.97. The first kappa shape index (κ1) is 9.62. The second-order valence-corrected chi connectivity index (χ2v) is 3.89. The van der Waals surface area contributed by atoms with E-state index in [1.54, 1.807) is 0 Å². The average molecular weight is 192 g/mol. The Labute approximate surface area is 84.2 Å². The molecule has 3 nitrogen and oxygen atoms in total. The highest BCUT2D eigenvalue weighted by atomic mass is 16.3. The lowest BCUT2D eigenvalue weighted by Crippen LogP contribution is -2.32. The zero-order chi connectivity index (χ0) is 9.97. The van der Waals surface area contributed by atoms with Crippen LogP contribution in [0, 0.1) is 0 Å². The molecular formula is C11H16N2O. The molecule has 1 aromatic heterocycles. The second kappa shape index (κ2) is 4.07. The molecule has 2 rings (SSSR count). The number of aryl methyl sites for hydroxylation is 1. The van der Waals surface area contributed by atoms with E-state index in [1.807, 2.05) is 19.2 Å². The Balaban J connectivity index is 2.10. The van der Waals surface area contributed by atoms with Crippen LogP contribution in [-0.2, 0) is 6.42 Å². The van der Waals surface area contributed by atoms with E-state index < -0.39 is 0 Å². The molecule has 0 saturated carbocycles. The molecule has 0 aliphatic heterocycles. The van der Waals surface area contributed by atoms with Gasteiger partial charge in [-0.3, -0.25) is 4.98 Å². The number of hydrogen-bond donors (Lipinski definition) is 2. The van der Waals surface area contributed by atoms with Gasteiger partial charge < -0.3 is 10.4 Å². The van der Waals surface area contributed by atoms with Gasteiger partial charge in [-0.2, -0.15) is 0 Å². The first-order valence-corrected chi connectivity index (χ1v) is 5.12. The van der Waals surface area contributed by atoms with Crippen molar-refractivity contribution in [3.63, 3.8) is 0 Å². The standard InChI is InChI=1S/C11H16N2O/c1-8(7-14)13-10-5-4-9-3-2-6-12-11(9)10/h2-3,6,8,10,13-14H,4-5,7H2,1H3. The minimum Gasteiger partial charge on any atom is -0.395 e. The molecule has 3 heteroatoms. The van der Waals surface area contributed by atoms with Gasteiger partial charge in [-0.1, -0.05) is 6.07 Å². The molecule has 1 aliphatic rings. The van der Waals surface area contributed by atoms with Crippen LogP contribution in [0.25, 0.3) is 0 Å². The van der Waals surface area contributed by atoms with Crippen LogP contribution in [0.15, 0.2) is 18.3 Å². The van der Waals surface area contributed by atoms with E-state index in [2.05, 4.69) is 16.4 Å². The maximum atomic E-state index is 8.96. The van der Waals surface area contributed by atoms with Crippen LogP contribution in [0.5, 0.6) is 0 Å².